The molecule has 0 saturated heterocycles. The Kier molecular flexibility index (Phi) is 8.32. The van der Waals surface area contributed by atoms with Crippen LogP contribution in [0.1, 0.15) is 70.6 Å². The molecule has 3 aromatic rings. The first-order valence-electron chi connectivity index (χ1n) is 15.5. The highest BCUT2D eigenvalue weighted by Crippen LogP contribution is 2.52. The molecule has 11 heteroatoms. The van der Waals surface area contributed by atoms with E-state index in [-0.39, 0.29) is 23.3 Å². The number of hydrogen-bond donors (Lipinski definition) is 1. The average Bonchev–Trinajstić information content (AvgIpc) is 3.63. The van der Waals surface area contributed by atoms with Crippen LogP contribution in [0.3, 0.4) is 0 Å². The molecule has 0 radical (unpaired) electrons. The number of anilines is 1. The van der Waals surface area contributed by atoms with Gasteiger partial charge in [-0.1, -0.05) is 32.8 Å². The van der Waals surface area contributed by atoms with E-state index in [1.54, 1.807) is 12.1 Å². The number of unbranched alkanes of at least 4 members (excludes halogenated alkanes) is 2. The Morgan fingerprint density at radius 3 is 2.48 bits per heavy atom. The number of halogens is 3. The van der Waals surface area contributed by atoms with E-state index in [1.807, 2.05) is 13.0 Å². The van der Waals surface area contributed by atoms with Crippen LogP contribution in [-0.4, -0.2) is 49.3 Å². The Bertz CT molecular complexity index is 1540. The SMILES string of the molecule is CCCCOCC1Cn2c(cc3cc(NC(=O)C4(c5ccc6c(c5)OC(F)(F)O6)CC4)c(F)cc32)C(C)(COCCCC)O1. The fourth-order valence-electron chi connectivity index (χ4n) is 6.11. The molecule has 2 aromatic carbocycles. The van der Waals surface area contributed by atoms with Gasteiger partial charge in [-0.3, -0.25) is 4.79 Å². The van der Waals surface area contributed by atoms with E-state index in [1.165, 1.54) is 18.2 Å². The van der Waals surface area contributed by atoms with Gasteiger partial charge in [-0.25, -0.2) is 4.39 Å². The van der Waals surface area contributed by atoms with Crippen molar-refractivity contribution in [3.8, 4) is 11.5 Å². The quantitative estimate of drug-likeness (QED) is 0.208. The maximum Gasteiger partial charge on any atom is 0.586 e. The molecule has 1 amide bonds. The van der Waals surface area contributed by atoms with Gasteiger partial charge >= 0.3 is 6.29 Å². The Morgan fingerprint density at radius 1 is 1.02 bits per heavy atom. The summed E-state index contributed by atoms with van der Waals surface area (Å²) in [5.41, 5.74) is 0.370. The number of fused-ring (bicyclic) bond motifs is 4. The summed E-state index contributed by atoms with van der Waals surface area (Å²) < 4.78 is 72.3. The van der Waals surface area contributed by atoms with Crippen LogP contribution in [0.15, 0.2) is 36.4 Å². The molecule has 2 atom stereocenters. The molecule has 1 saturated carbocycles. The van der Waals surface area contributed by atoms with Crippen LogP contribution < -0.4 is 14.8 Å². The van der Waals surface area contributed by atoms with Crippen LogP contribution >= 0.6 is 0 Å². The summed E-state index contributed by atoms with van der Waals surface area (Å²) in [4.78, 5) is 13.5. The standard InChI is InChI=1S/C33H39F3N2O6/c1-4-6-12-40-19-23-18-38-26-17-24(34)25(14-21(26)15-29(38)31(3,42-23)20-41-13-7-5-2)37-30(39)32(10-11-32)22-8-9-27-28(16-22)44-33(35,36)43-27/h8-9,14-17,23H,4-7,10-13,18-20H2,1-3H3,(H,37,39). The minimum absolute atomic E-state index is 0.0465. The van der Waals surface area contributed by atoms with Crippen molar-refractivity contribution in [3.05, 3.63) is 53.5 Å². The van der Waals surface area contributed by atoms with E-state index in [0.29, 0.717) is 56.9 Å². The zero-order valence-corrected chi connectivity index (χ0v) is 25.4. The Labute approximate surface area is 254 Å². The Hall–Kier alpha value is -3.28. The van der Waals surface area contributed by atoms with Gasteiger partial charge < -0.3 is 33.6 Å². The van der Waals surface area contributed by atoms with E-state index >= 15 is 4.39 Å². The lowest BCUT2D eigenvalue weighted by Gasteiger charge is -2.40. The summed E-state index contributed by atoms with van der Waals surface area (Å²) in [6.07, 6.45) is 0.961. The highest BCUT2D eigenvalue weighted by atomic mass is 19.3. The van der Waals surface area contributed by atoms with Gasteiger partial charge in [-0.15, -0.1) is 8.78 Å². The van der Waals surface area contributed by atoms with E-state index < -0.39 is 29.0 Å². The molecule has 6 rings (SSSR count). The molecule has 238 valence electrons. The topological polar surface area (TPSA) is 80.2 Å². The molecule has 1 N–H and O–H groups in total. The van der Waals surface area contributed by atoms with Gasteiger partial charge in [0.05, 0.1) is 42.1 Å². The zero-order chi connectivity index (χ0) is 31.1. The van der Waals surface area contributed by atoms with Crippen LogP contribution in [0.5, 0.6) is 11.5 Å². The first-order valence-corrected chi connectivity index (χ1v) is 15.5. The van der Waals surface area contributed by atoms with Gasteiger partial charge in [-0.05, 0) is 62.4 Å². The Balaban J connectivity index is 1.25. The summed E-state index contributed by atoms with van der Waals surface area (Å²) in [5.74, 6) is -1.20. The number of hydrogen-bond acceptors (Lipinski definition) is 6. The number of rotatable bonds is 13. The largest absolute Gasteiger partial charge is 0.586 e. The van der Waals surface area contributed by atoms with Gasteiger partial charge in [-0.2, -0.15) is 0 Å². The molecule has 2 unspecified atom stereocenters. The molecule has 44 heavy (non-hydrogen) atoms. The van der Waals surface area contributed by atoms with E-state index in [9.17, 15) is 13.6 Å². The number of ether oxygens (including phenoxy) is 5. The van der Waals surface area contributed by atoms with Gasteiger partial charge in [0, 0.05) is 24.7 Å². The van der Waals surface area contributed by atoms with Crippen LogP contribution in [0, 0.1) is 5.82 Å². The highest BCUT2D eigenvalue weighted by molar-refractivity contribution is 6.03. The van der Waals surface area contributed by atoms with Crippen LogP contribution in [0.25, 0.3) is 10.9 Å². The Morgan fingerprint density at radius 2 is 1.75 bits per heavy atom. The second kappa shape index (κ2) is 11.9. The van der Waals surface area contributed by atoms with E-state index in [0.717, 1.165) is 36.8 Å². The molecule has 0 spiro atoms. The minimum Gasteiger partial charge on any atom is -0.395 e. The van der Waals surface area contributed by atoms with Crippen molar-refractivity contribution in [2.24, 2.45) is 0 Å². The lowest BCUT2D eigenvalue weighted by atomic mass is 9.94. The number of carbonyl (C=O) groups is 1. The number of nitrogens with zero attached hydrogens (tertiary/aromatic N) is 1. The van der Waals surface area contributed by atoms with Crippen molar-refractivity contribution in [1.82, 2.24) is 4.57 Å². The summed E-state index contributed by atoms with van der Waals surface area (Å²) >= 11 is 0. The monoisotopic (exact) mass is 616 g/mol. The molecular formula is C33H39F3N2O6. The fourth-order valence-corrected chi connectivity index (χ4v) is 6.11. The lowest BCUT2D eigenvalue weighted by molar-refractivity contribution is -0.286. The lowest BCUT2D eigenvalue weighted by Crippen LogP contribution is -2.45. The van der Waals surface area contributed by atoms with Crippen molar-refractivity contribution in [2.75, 3.05) is 31.7 Å². The van der Waals surface area contributed by atoms with E-state index in [4.69, 9.17) is 14.2 Å². The average molecular weight is 617 g/mol. The van der Waals surface area contributed by atoms with Gasteiger partial charge in [0.25, 0.3) is 0 Å². The number of amides is 1. The third kappa shape index (κ3) is 5.89. The van der Waals surface area contributed by atoms with Gasteiger partial charge in [0.15, 0.2) is 11.5 Å². The summed E-state index contributed by atoms with van der Waals surface area (Å²) in [6.45, 7) is 8.72. The van der Waals surface area contributed by atoms with Crippen molar-refractivity contribution in [1.29, 1.82) is 0 Å². The first kappa shape index (κ1) is 30.7. The second-order valence-corrected chi connectivity index (χ2v) is 12.2. The zero-order valence-electron chi connectivity index (χ0n) is 25.4. The van der Waals surface area contributed by atoms with E-state index in [2.05, 4.69) is 33.2 Å². The van der Waals surface area contributed by atoms with Crippen molar-refractivity contribution >= 4 is 22.5 Å². The van der Waals surface area contributed by atoms with Crippen molar-refractivity contribution < 1.29 is 41.7 Å². The molecule has 3 aliphatic rings. The van der Waals surface area contributed by atoms with Crippen molar-refractivity contribution in [3.63, 3.8) is 0 Å². The van der Waals surface area contributed by atoms with Gasteiger partial charge in [0.2, 0.25) is 5.91 Å². The molecule has 8 nitrogen and oxygen atoms in total. The summed E-state index contributed by atoms with van der Waals surface area (Å²) in [7, 11) is 0. The third-order valence-electron chi connectivity index (χ3n) is 8.70. The normalized spacial score (nSPS) is 22.6. The number of alkyl halides is 2. The van der Waals surface area contributed by atoms with Crippen molar-refractivity contribution in [2.45, 2.75) is 89.3 Å². The fraction of sp³-hybridized carbons (Fsp3) is 0.545. The van der Waals surface area contributed by atoms with Crippen LogP contribution in [-0.2, 0) is 36.6 Å². The summed E-state index contributed by atoms with van der Waals surface area (Å²) in [6, 6.07) is 9.38. The second-order valence-electron chi connectivity index (χ2n) is 12.2. The van der Waals surface area contributed by atoms with Gasteiger partial charge in [0.1, 0.15) is 17.5 Å². The van der Waals surface area contributed by atoms with Crippen LogP contribution in [0.2, 0.25) is 0 Å². The molecule has 2 aliphatic heterocycles. The molecular weight excluding hydrogens is 577 g/mol. The predicted molar refractivity (Wildman–Crippen MR) is 158 cm³/mol. The first-order chi connectivity index (χ1) is 21.1. The highest BCUT2D eigenvalue weighted by Gasteiger charge is 2.53. The molecule has 0 bridgehead atoms. The maximum atomic E-state index is 15.6. The smallest absolute Gasteiger partial charge is 0.395 e. The number of nitrogens with one attached hydrogen (secondary N) is 1. The van der Waals surface area contributed by atoms with Crippen LogP contribution in [0.4, 0.5) is 18.9 Å². The third-order valence-corrected chi connectivity index (χ3v) is 8.70. The number of aromatic nitrogens is 1. The minimum atomic E-state index is -3.75. The summed E-state index contributed by atoms with van der Waals surface area (Å²) in [5, 5.41) is 3.52. The molecule has 1 aromatic heterocycles. The predicted octanol–water partition coefficient (Wildman–Crippen LogP) is 7.02. The maximum absolute atomic E-state index is 15.6. The molecule has 1 fully saturated rings. The number of carbonyl (C=O) groups excluding carboxylic acids is 1. The molecule has 1 aliphatic carbocycles. The molecule has 3 heterocycles. The number of benzene rings is 2.